The maximum atomic E-state index is 12.6. The predicted octanol–water partition coefficient (Wildman–Crippen LogP) is 3.05. The largest absolute Gasteiger partial charge is 0.494 e. The monoisotopic (exact) mass is 434 g/mol. The molecule has 7 nitrogen and oxygen atoms in total. The lowest BCUT2D eigenvalue weighted by Gasteiger charge is -2.28. The van der Waals surface area contributed by atoms with Crippen LogP contribution in [0.4, 0.5) is 5.69 Å². The molecule has 164 valence electrons. The highest BCUT2D eigenvalue weighted by Gasteiger charge is 2.29. The zero-order valence-electron chi connectivity index (χ0n) is 18.1. The molecule has 0 aliphatic carbocycles. The van der Waals surface area contributed by atoms with Gasteiger partial charge in [0, 0.05) is 0 Å². The molecule has 0 aliphatic rings. The first kappa shape index (κ1) is 23.5. The number of nitrogens with zero attached hydrogens (tertiary/aromatic N) is 1. The Labute approximate surface area is 179 Å². The summed E-state index contributed by atoms with van der Waals surface area (Å²) in [6, 6.07) is 11.5. The average molecular weight is 435 g/mol. The molecule has 1 amide bonds. The van der Waals surface area contributed by atoms with Crippen LogP contribution in [-0.4, -0.2) is 46.4 Å². The normalized spacial score (nSPS) is 12.2. The quantitative estimate of drug-likeness (QED) is 0.581. The summed E-state index contributed by atoms with van der Waals surface area (Å²) in [4.78, 5) is 12.6. The van der Waals surface area contributed by atoms with Crippen LogP contribution < -0.4 is 19.1 Å². The highest BCUT2D eigenvalue weighted by atomic mass is 32.2. The Morgan fingerprint density at radius 3 is 2.37 bits per heavy atom. The Bertz CT molecular complexity index is 958. The topological polar surface area (TPSA) is 84.9 Å². The number of hydrogen-bond donors (Lipinski definition) is 1. The van der Waals surface area contributed by atoms with E-state index in [1.54, 1.807) is 31.2 Å². The van der Waals surface area contributed by atoms with Gasteiger partial charge in [-0.05, 0) is 69.2 Å². The van der Waals surface area contributed by atoms with Crippen LogP contribution in [0, 0.1) is 13.8 Å². The first-order chi connectivity index (χ1) is 14.1. The fourth-order valence-corrected chi connectivity index (χ4v) is 4.20. The van der Waals surface area contributed by atoms with Crippen molar-refractivity contribution in [1.29, 1.82) is 0 Å². The summed E-state index contributed by atoms with van der Waals surface area (Å²) < 4.78 is 37.0. The fourth-order valence-electron chi connectivity index (χ4n) is 3.03. The van der Waals surface area contributed by atoms with Gasteiger partial charge in [-0.3, -0.25) is 9.10 Å². The fraction of sp³-hybridized carbons (Fsp3) is 0.409. The van der Waals surface area contributed by atoms with E-state index in [1.165, 1.54) is 0 Å². The molecule has 0 spiro atoms. The zero-order chi connectivity index (χ0) is 22.3. The van der Waals surface area contributed by atoms with Crippen LogP contribution in [0.3, 0.4) is 0 Å². The van der Waals surface area contributed by atoms with Crippen LogP contribution in [0.5, 0.6) is 11.5 Å². The predicted molar refractivity (Wildman–Crippen MR) is 119 cm³/mol. The van der Waals surface area contributed by atoms with Crippen molar-refractivity contribution in [3.63, 3.8) is 0 Å². The summed E-state index contributed by atoms with van der Waals surface area (Å²) in [5, 5.41) is 2.75. The molecule has 0 fully saturated rings. The number of nitrogens with one attached hydrogen (secondary N) is 1. The Morgan fingerprint density at radius 1 is 1.10 bits per heavy atom. The summed E-state index contributed by atoms with van der Waals surface area (Å²) >= 11 is 0. The lowest BCUT2D eigenvalue weighted by Crippen LogP contribution is -2.48. The average Bonchev–Trinajstić information content (AvgIpc) is 2.68. The van der Waals surface area contributed by atoms with E-state index >= 15 is 0 Å². The molecule has 2 aromatic carbocycles. The highest BCUT2D eigenvalue weighted by molar-refractivity contribution is 7.92. The van der Waals surface area contributed by atoms with Crippen molar-refractivity contribution in [2.45, 2.75) is 33.7 Å². The molecular formula is C22H30N2O5S. The molecule has 0 heterocycles. The second-order valence-corrected chi connectivity index (χ2v) is 8.86. The van der Waals surface area contributed by atoms with E-state index in [0.717, 1.165) is 27.4 Å². The number of hydrogen-bond acceptors (Lipinski definition) is 5. The van der Waals surface area contributed by atoms with E-state index in [4.69, 9.17) is 9.47 Å². The highest BCUT2D eigenvalue weighted by Crippen LogP contribution is 2.24. The minimum atomic E-state index is -3.67. The molecule has 1 N–H and O–H groups in total. The van der Waals surface area contributed by atoms with Crippen molar-refractivity contribution in [2.24, 2.45) is 0 Å². The smallest absolute Gasteiger partial charge is 0.243 e. The number of carbonyl (C=O) groups is 1. The van der Waals surface area contributed by atoms with Gasteiger partial charge in [0.1, 0.15) is 24.1 Å². The Balaban J connectivity index is 2.00. The molecule has 1 unspecified atom stereocenters. The van der Waals surface area contributed by atoms with Gasteiger partial charge >= 0.3 is 0 Å². The van der Waals surface area contributed by atoms with Gasteiger partial charge < -0.3 is 14.8 Å². The van der Waals surface area contributed by atoms with E-state index < -0.39 is 22.0 Å². The lowest BCUT2D eigenvalue weighted by atomic mass is 10.1. The third kappa shape index (κ3) is 6.13. The second-order valence-electron chi connectivity index (χ2n) is 7.00. The van der Waals surface area contributed by atoms with Gasteiger partial charge in [-0.2, -0.15) is 0 Å². The van der Waals surface area contributed by atoms with Crippen LogP contribution in [0.15, 0.2) is 42.5 Å². The maximum absolute atomic E-state index is 12.6. The van der Waals surface area contributed by atoms with Crippen molar-refractivity contribution in [3.8, 4) is 11.5 Å². The van der Waals surface area contributed by atoms with Gasteiger partial charge in [0.05, 0.1) is 25.1 Å². The van der Waals surface area contributed by atoms with E-state index in [0.29, 0.717) is 18.0 Å². The Morgan fingerprint density at radius 2 is 1.77 bits per heavy atom. The number of sulfonamides is 1. The van der Waals surface area contributed by atoms with Gasteiger partial charge in [0.2, 0.25) is 15.9 Å². The second kappa shape index (κ2) is 10.3. The molecule has 0 bridgehead atoms. The number of aryl methyl sites for hydroxylation is 1. The summed E-state index contributed by atoms with van der Waals surface area (Å²) in [6.45, 7) is 8.46. The molecule has 0 saturated heterocycles. The minimum Gasteiger partial charge on any atom is -0.494 e. The maximum Gasteiger partial charge on any atom is 0.243 e. The number of benzene rings is 2. The van der Waals surface area contributed by atoms with E-state index in [2.05, 4.69) is 5.32 Å². The molecule has 2 rings (SSSR count). The number of ether oxygens (including phenoxy) is 2. The standard InChI is InChI=1S/C22H30N2O5S/c1-6-28-20-12-10-19(11-13-20)24(30(5,26)27)18(4)22(25)23-14-15-29-21-9-7-8-16(2)17(21)3/h7-13,18H,6,14-15H2,1-5H3,(H,23,25). The van der Waals surface area contributed by atoms with E-state index in [1.807, 2.05) is 39.0 Å². The molecule has 30 heavy (non-hydrogen) atoms. The van der Waals surface area contributed by atoms with Crippen LogP contribution >= 0.6 is 0 Å². The molecule has 0 aromatic heterocycles. The summed E-state index contributed by atoms with van der Waals surface area (Å²) in [5.74, 6) is 0.999. The summed E-state index contributed by atoms with van der Waals surface area (Å²) in [5.41, 5.74) is 2.58. The van der Waals surface area contributed by atoms with Crippen molar-refractivity contribution < 1.29 is 22.7 Å². The van der Waals surface area contributed by atoms with Crippen molar-refractivity contribution >= 4 is 21.6 Å². The molecule has 0 radical (unpaired) electrons. The molecule has 8 heteroatoms. The minimum absolute atomic E-state index is 0.261. The van der Waals surface area contributed by atoms with E-state index in [-0.39, 0.29) is 13.2 Å². The van der Waals surface area contributed by atoms with Crippen molar-refractivity contribution in [2.75, 3.05) is 30.3 Å². The van der Waals surface area contributed by atoms with Crippen LogP contribution in [0.2, 0.25) is 0 Å². The number of anilines is 1. The third-order valence-electron chi connectivity index (χ3n) is 4.70. The Kier molecular flexibility index (Phi) is 8.11. The van der Waals surface area contributed by atoms with Crippen LogP contribution in [-0.2, 0) is 14.8 Å². The first-order valence-electron chi connectivity index (χ1n) is 9.84. The summed E-state index contributed by atoms with van der Waals surface area (Å²) in [6.07, 6.45) is 1.08. The van der Waals surface area contributed by atoms with Crippen LogP contribution in [0.25, 0.3) is 0 Å². The number of carbonyl (C=O) groups excluding carboxylic acids is 1. The molecule has 1 atom stereocenters. The van der Waals surface area contributed by atoms with Crippen LogP contribution in [0.1, 0.15) is 25.0 Å². The lowest BCUT2D eigenvalue weighted by molar-refractivity contribution is -0.121. The number of rotatable bonds is 10. The van der Waals surface area contributed by atoms with Gasteiger partial charge in [-0.1, -0.05) is 12.1 Å². The number of amides is 1. The van der Waals surface area contributed by atoms with Gasteiger partial charge in [0.25, 0.3) is 0 Å². The Hall–Kier alpha value is -2.74. The summed E-state index contributed by atoms with van der Waals surface area (Å²) in [7, 11) is -3.67. The third-order valence-corrected chi connectivity index (χ3v) is 5.95. The molecule has 0 saturated carbocycles. The van der Waals surface area contributed by atoms with Gasteiger partial charge in [0.15, 0.2) is 0 Å². The molecular weight excluding hydrogens is 404 g/mol. The molecule has 0 aliphatic heterocycles. The first-order valence-corrected chi connectivity index (χ1v) is 11.7. The van der Waals surface area contributed by atoms with Crippen molar-refractivity contribution in [1.82, 2.24) is 5.32 Å². The van der Waals surface area contributed by atoms with E-state index in [9.17, 15) is 13.2 Å². The zero-order valence-corrected chi connectivity index (χ0v) is 19.0. The van der Waals surface area contributed by atoms with Gasteiger partial charge in [-0.15, -0.1) is 0 Å². The molecule has 2 aromatic rings. The van der Waals surface area contributed by atoms with Crippen molar-refractivity contribution in [3.05, 3.63) is 53.6 Å². The van der Waals surface area contributed by atoms with Gasteiger partial charge in [-0.25, -0.2) is 8.42 Å². The SMILES string of the molecule is CCOc1ccc(N(C(C)C(=O)NCCOc2cccc(C)c2C)S(C)(=O)=O)cc1.